The fourth-order valence-corrected chi connectivity index (χ4v) is 1.15. The van der Waals surface area contributed by atoms with Gasteiger partial charge >= 0.3 is 0 Å². The molecule has 0 bridgehead atoms. The third kappa shape index (κ3) is 20.6. The predicted molar refractivity (Wildman–Crippen MR) is 87.6 cm³/mol. The van der Waals surface area contributed by atoms with Crippen molar-refractivity contribution >= 4 is 0 Å². The molecule has 0 rings (SSSR count). The van der Waals surface area contributed by atoms with E-state index in [1.165, 1.54) is 25.0 Å². The molecule has 0 N–H and O–H groups in total. The van der Waals surface area contributed by atoms with Crippen molar-refractivity contribution < 1.29 is 18.9 Å². The van der Waals surface area contributed by atoms with Crippen molar-refractivity contribution in [2.45, 2.75) is 26.7 Å². The van der Waals surface area contributed by atoms with Gasteiger partial charge in [0.25, 0.3) is 0 Å². The van der Waals surface area contributed by atoms with Gasteiger partial charge in [0.2, 0.25) is 0 Å². The van der Waals surface area contributed by atoms with Crippen molar-refractivity contribution in [1.82, 2.24) is 0 Å². The van der Waals surface area contributed by atoms with E-state index in [0.717, 1.165) is 26.1 Å². The van der Waals surface area contributed by atoms with Crippen molar-refractivity contribution in [2.75, 3.05) is 26.4 Å². The van der Waals surface area contributed by atoms with E-state index in [9.17, 15) is 0 Å². The molecular formula is C17H30O4. The van der Waals surface area contributed by atoms with E-state index in [4.69, 9.17) is 18.9 Å². The maximum Gasteiger partial charge on any atom is 0.0956 e. The minimum Gasteiger partial charge on any atom is -0.502 e. The summed E-state index contributed by atoms with van der Waals surface area (Å²) in [6.07, 6.45) is 7.79. The highest BCUT2D eigenvalue weighted by atomic mass is 16.5. The maximum atomic E-state index is 5.04. The van der Waals surface area contributed by atoms with Crippen LogP contribution in [0.15, 0.2) is 51.4 Å². The molecule has 0 aliphatic carbocycles. The summed E-state index contributed by atoms with van der Waals surface area (Å²) in [6, 6.07) is 0. The molecule has 4 nitrogen and oxygen atoms in total. The molecule has 0 aromatic rings. The third-order valence-electron chi connectivity index (χ3n) is 2.19. The molecule has 0 aliphatic rings. The summed E-state index contributed by atoms with van der Waals surface area (Å²) >= 11 is 0. The van der Waals surface area contributed by atoms with Gasteiger partial charge in [-0.25, -0.2) is 0 Å². The topological polar surface area (TPSA) is 36.9 Å². The van der Waals surface area contributed by atoms with Crippen LogP contribution in [0.25, 0.3) is 0 Å². The lowest BCUT2D eigenvalue weighted by Crippen LogP contribution is -2.23. The molecule has 0 amide bonds. The first-order valence-electron chi connectivity index (χ1n) is 6.94. The normalized spacial score (nSPS) is 9.43. The zero-order valence-electron chi connectivity index (χ0n) is 13.5. The molecule has 21 heavy (non-hydrogen) atoms. The molecule has 0 saturated heterocycles. The van der Waals surface area contributed by atoms with E-state index >= 15 is 0 Å². The third-order valence-corrected chi connectivity index (χ3v) is 2.19. The second kappa shape index (κ2) is 16.2. The highest BCUT2D eigenvalue weighted by Crippen LogP contribution is 2.15. The summed E-state index contributed by atoms with van der Waals surface area (Å²) in [6.45, 7) is 20.6. The molecule has 0 spiro atoms. The minimum absolute atomic E-state index is 0.0162. The Bertz CT molecular complexity index is 246. The fraction of sp³-hybridized carbons (Fsp3) is 0.529. The summed E-state index contributed by atoms with van der Waals surface area (Å²) in [5.41, 5.74) is 0.0162. The number of ether oxygens (including phenoxy) is 4. The Morgan fingerprint density at radius 3 is 1.29 bits per heavy atom. The second-order valence-corrected chi connectivity index (χ2v) is 4.90. The summed E-state index contributed by atoms with van der Waals surface area (Å²) in [4.78, 5) is 0. The Morgan fingerprint density at radius 1 is 0.667 bits per heavy atom. The minimum atomic E-state index is 0.0162. The molecule has 0 saturated carbocycles. The Morgan fingerprint density at radius 2 is 1.00 bits per heavy atom. The Balaban J connectivity index is 0. The van der Waals surface area contributed by atoms with Crippen LogP contribution in [0.1, 0.15) is 26.7 Å². The average molecular weight is 298 g/mol. The summed E-state index contributed by atoms with van der Waals surface area (Å²) in [5, 5.41) is 0. The molecular weight excluding hydrogens is 268 g/mol. The summed E-state index contributed by atoms with van der Waals surface area (Å²) < 4.78 is 19.9. The first-order valence-corrected chi connectivity index (χ1v) is 6.94. The van der Waals surface area contributed by atoms with Gasteiger partial charge in [-0.1, -0.05) is 40.2 Å². The van der Waals surface area contributed by atoms with Crippen LogP contribution in [0.3, 0.4) is 0 Å². The molecule has 4 heteroatoms. The molecule has 0 radical (unpaired) electrons. The number of hydrogen-bond acceptors (Lipinski definition) is 4. The summed E-state index contributed by atoms with van der Waals surface area (Å²) in [7, 11) is 0. The van der Waals surface area contributed by atoms with Crippen molar-refractivity contribution in [3.8, 4) is 0 Å². The lowest BCUT2D eigenvalue weighted by atomic mass is 9.96. The van der Waals surface area contributed by atoms with Gasteiger partial charge < -0.3 is 18.9 Å². The van der Waals surface area contributed by atoms with Crippen molar-refractivity contribution in [3.63, 3.8) is 0 Å². The molecule has 0 heterocycles. The standard InChI is InChI=1S/C9H16O2.C8H14O2/c1-5-10-7-9(3,4)8-11-6-2;1-3-9-7-5-6-8-10-4-2/h5-6H,1-2,7-8H2,3-4H3;3-4H,1-2,5-8H2. The van der Waals surface area contributed by atoms with Gasteiger partial charge in [-0.05, 0) is 12.8 Å². The molecule has 0 aliphatic heterocycles. The predicted octanol–water partition coefficient (Wildman–Crippen LogP) is 4.42. The fourth-order valence-electron chi connectivity index (χ4n) is 1.15. The quantitative estimate of drug-likeness (QED) is 0.372. The smallest absolute Gasteiger partial charge is 0.0956 e. The number of unbranched alkanes of at least 4 members (excludes halogenated alkanes) is 1. The molecule has 0 unspecified atom stereocenters. The zero-order chi connectivity index (χ0) is 16.4. The van der Waals surface area contributed by atoms with E-state index in [-0.39, 0.29) is 5.41 Å². The van der Waals surface area contributed by atoms with E-state index in [1.807, 2.05) is 0 Å². The molecule has 0 fully saturated rings. The van der Waals surface area contributed by atoms with Gasteiger partial charge in [0.15, 0.2) is 0 Å². The molecule has 122 valence electrons. The van der Waals surface area contributed by atoms with Crippen molar-refractivity contribution in [1.29, 1.82) is 0 Å². The number of hydrogen-bond donors (Lipinski definition) is 0. The van der Waals surface area contributed by atoms with Gasteiger partial charge in [-0.2, -0.15) is 0 Å². The first-order chi connectivity index (χ1) is 10.0. The van der Waals surface area contributed by atoms with Gasteiger partial charge in [-0.3, -0.25) is 0 Å². The van der Waals surface area contributed by atoms with E-state index in [2.05, 4.69) is 40.2 Å². The van der Waals surface area contributed by atoms with Crippen LogP contribution in [0.2, 0.25) is 0 Å². The lowest BCUT2D eigenvalue weighted by Gasteiger charge is -2.22. The van der Waals surface area contributed by atoms with Crippen LogP contribution in [0, 0.1) is 5.41 Å². The molecule has 0 aromatic heterocycles. The van der Waals surface area contributed by atoms with Crippen LogP contribution in [-0.4, -0.2) is 26.4 Å². The van der Waals surface area contributed by atoms with E-state index in [0.29, 0.717) is 13.2 Å². The van der Waals surface area contributed by atoms with Crippen molar-refractivity contribution in [2.24, 2.45) is 5.41 Å². The second-order valence-electron chi connectivity index (χ2n) is 4.90. The molecule has 0 aromatic carbocycles. The lowest BCUT2D eigenvalue weighted by molar-refractivity contribution is 0.0662. The van der Waals surface area contributed by atoms with E-state index in [1.54, 1.807) is 0 Å². The number of rotatable bonds is 13. The van der Waals surface area contributed by atoms with Crippen LogP contribution in [0.5, 0.6) is 0 Å². The van der Waals surface area contributed by atoms with Crippen molar-refractivity contribution in [3.05, 3.63) is 51.4 Å². The molecule has 0 atom stereocenters. The maximum absolute atomic E-state index is 5.04. The highest BCUT2D eigenvalue weighted by molar-refractivity contribution is 4.69. The SMILES string of the molecule is C=COCC(C)(C)COC=C.C=COCCCCOC=C. The first kappa shape index (κ1) is 21.5. The summed E-state index contributed by atoms with van der Waals surface area (Å²) in [5.74, 6) is 0. The average Bonchev–Trinajstić information content (AvgIpc) is 2.47. The van der Waals surface area contributed by atoms with Crippen LogP contribution >= 0.6 is 0 Å². The van der Waals surface area contributed by atoms with Crippen LogP contribution in [-0.2, 0) is 18.9 Å². The van der Waals surface area contributed by atoms with Crippen LogP contribution in [0.4, 0.5) is 0 Å². The Hall–Kier alpha value is -1.84. The van der Waals surface area contributed by atoms with Gasteiger partial charge in [0, 0.05) is 5.41 Å². The largest absolute Gasteiger partial charge is 0.502 e. The Labute approximate surface area is 129 Å². The van der Waals surface area contributed by atoms with Gasteiger partial charge in [-0.15, -0.1) is 0 Å². The Kier molecular flexibility index (Phi) is 16.6. The highest BCUT2D eigenvalue weighted by Gasteiger charge is 2.18. The van der Waals surface area contributed by atoms with E-state index < -0.39 is 0 Å². The van der Waals surface area contributed by atoms with Gasteiger partial charge in [0.05, 0.1) is 51.5 Å². The zero-order valence-corrected chi connectivity index (χ0v) is 13.5. The monoisotopic (exact) mass is 298 g/mol. The van der Waals surface area contributed by atoms with Gasteiger partial charge in [0.1, 0.15) is 0 Å². The van der Waals surface area contributed by atoms with Crippen LogP contribution < -0.4 is 0 Å².